The predicted octanol–water partition coefficient (Wildman–Crippen LogP) is 5.85. The SMILES string of the molecule is CC1=C(/C=C/C(C)=C\C=C\C(C)=C\C(=O)O)C(C)(C)CCC1(F)F. The van der Waals surface area contributed by atoms with Gasteiger partial charge in [-0.1, -0.05) is 49.8 Å². The lowest BCUT2D eigenvalue weighted by Gasteiger charge is -2.37. The first-order valence-electron chi connectivity index (χ1n) is 7.99. The van der Waals surface area contributed by atoms with Crippen LogP contribution < -0.4 is 0 Å². The number of carbonyl (C=O) groups is 1. The van der Waals surface area contributed by atoms with E-state index in [1.54, 1.807) is 25.2 Å². The number of halogens is 2. The fourth-order valence-corrected chi connectivity index (χ4v) is 2.71. The van der Waals surface area contributed by atoms with Crippen LogP contribution in [0.3, 0.4) is 0 Å². The third-order valence-electron chi connectivity index (χ3n) is 4.33. The maximum Gasteiger partial charge on any atom is 0.328 e. The van der Waals surface area contributed by atoms with Gasteiger partial charge in [0, 0.05) is 12.5 Å². The Kier molecular flexibility index (Phi) is 6.47. The van der Waals surface area contributed by atoms with Crippen LogP contribution in [0.5, 0.6) is 0 Å². The van der Waals surface area contributed by atoms with Crippen molar-refractivity contribution < 1.29 is 18.7 Å². The van der Waals surface area contributed by atoms with Crippen molar-refractivity contribution in [3.63, 3.8) is 0 Å². The van der Waals surface area contributed by atoms with Gasteiger partial charge in [0.15, 0.2) is 0 Å². The maximum atomic E-state index is 13.9. The van der Waals surface area contributed by atoms with Crippen molar-refractivity contribution in [3.05, 3.63) is 58.7 Å². The predicted molar refractivity (Wildman–Crippen MR) is 94.1 cm³/mol. The summed E-state index contributed by atoms with van der Waals surface area (Å²) < 4.78 is 27.9. The molecule has 1 aliphatic rings. The fourth-order valence-electron chi connectivity index (χ4n) is 2.71. The second kappa shape index (κ2) is 7.73. The number of hydrogen-bond acceptors (Lipinski definition) is 1. The topological polar surface area (TPSA) is 37.3 Å². The molecule has 0 saturated heterocycles. The first-order valence-corrected chi connectivity index (χ1v) is 7.99. The zero-order chi connectivity index (χ0) is 18.5. The molecule has 0 amide bonds. The number of aliphatic carboxylic acids is 1. The average Bonchev–Trinajstić information content (AvgIpc) is 2.43. The number of alkyl halides is 2. The molecule has 0 bridgehead atoms. The Morgan fingerprint density at radius 2 is 1.75 bits per heavy atom. The van der Waals surface area contributed by atoms with Crippen molar-refractivity contribution in [2.24, 2.45) is 5.41 Å². The Morgan fingerprint density at radius 3 is 2.33 bits per heavy atom. The summed E-state index contributed by atoms with van der Waals surface area (Å²) in [4.78, 5) is 10.5. The highest BCUT2D eigenvalue weighted by Gasteiger charge is 2.42. The molecule has 0 aromatic carbocycles. The van der Waals surface area contributed by atoms with Crippen LogP contribution in [0.15, 0.2) is 58.7 Å². The first-order chi connectivity index (χ1) is 11.0. The van der Waals surface area contributed by atoms with E-state index in [2.05, 4.69) is 0 Å². The van der Waals surface area contributed by atoms with E-state index in [1.165, 1.54) is 6.92 Å². The second-order valence-electron chi connectivity index (χ2n) is 6.96. The van der Waals surface area contributed by atoms with E-state index < -0.39 is 11.9 Å². The molecule has 2 nitrogen and oxygen atoms in total. The monoisotopic (exact) mass is 336 g/mol. The van der Waals surface area contributed by atoms with Gasteiger partial charge in [-0.3, -0.25) is 0 Å². The minimum absolute atomic E-state index is 0.101. The summed E-state index contributed by atoms with van der Waals surface area (Å²) >= 11 is 0. The number of allylic oxidation sites excluding steroid dienone is 9. The quantitative estimate of drug-likeness (QED) is 0.505. The van der Waals surface area contributed by atoms with Gasteiger partial charge < -0.3 is 5.11 Å². The van der Waals surface area contributed by atoms with Crippen LogP contribution in [-0.4, -0.2) is 17.0 Å². The van der Waals surface area contributed by atoms with Crippen LogP contribution in [0.2, 0.25) is 0 Å². The van der Waals surface area contributed by atoms with E-state index in [-0.39, 0.29) is 17.4 Å². The minimum atomic E-state index is -2.73. The molecular weight excluding hydrogens is 310 g/mol. The Bertz CT molecular complexity index is 645. The summed E-state index contributed by atoms with van der Waals surface area (Å²) in [6.07, 6.45) is 10.3. The molecule has 0 aromatic heterocycles. The molecule has 0 spiro atoms. The molecule has 0 aliphatic heterocycles. The lowest BCUT2D eigenvalue weighted by molar-refractivity contribution is -0.131. The molecular formula is C20H26F2O2. The van der Waals surface area contributed by atoms with Crippen LogP contribution in [0.25, 0.3) is 0 Å². The van der Waals surface area contributed by atoms with E-state index >= 15 is 0 Å². The highest BCUT2D eigenvalue weighted by atomic mass is 19.3. The summed E-state index contributed by atoms with van der Waals surface area (Å²) in [7, 11) is 0. The summed E-state index contributed by atoms with van der Waals surface area (Å²) in [5.41, 5.74) is 2.11. The van der Waals surface area contributed by atoms with Crippen LogP contribution in [0, 0.1) is 5.41 Å². The van der Waals surface area contributed by atoms with Gasteiger partial charge in [0.2, 0.25) is 0 Å². The summed E-state index contributed by atoms with van der Waals surface area (Å²) in [6.45, 7) is 9.07. The van der Waals surface area contributed by atoms with Crippen LogP contribution >= 0.6 is 0 Å². The summed E-state index contributed by atoms with van der Waals surface area (Å²) in [5.74, 6) is -3.72. The number of carboxylic acids is 1. The van der Waals surface area contributed by atoms with Crippen LogP contribution in [-0.2, 0) is 4.79 Å². The van der Waals surface area contributed by atoms with Gasteiger partial charge in [0.05, 0.1) is 0 Å². The van der Waals surface area contributed by atoms with Gasteiger partial charge in [-0.25, -0.2) is 13.6 Å². The maximum absolute atomic E-state index is 13.9. The zero-order valence-electron chi connectivity index (χ0n) is 15.0. The van der Waals surface area contributed by atoms with E-state index in [4.69, 9.17) is 5.11 Å². The van der Waals surface area contributed by atoms with Crippen molar-refractivity contribution >= 4 is 5.97 Å². The van der Waals surface area contributed by atoms with Crippen molar-refractivity contribution in [1.29, 1.82) is 0 Å². The van der Waals surface area contributed by atoms with Crippen molar-refractivity contribution in [1.82, 2.24) is 0 Å². The zero-order valence-corrected chi connectivity index (χ0v) is 15.0. The Balaban J connectivity index is 2.96. The van der Waals surface area contributed by atoms with Gasteiger partial charge >= 0.3 is 5.97 Å². The van der Waals surface area contributed by atoms with Gasteiger partial charge in [0.25, 0.3) is 5.92 Å². The van der Waals surface area contributed by atoms with E-state index in [9.17, 15) is 13.6 Å². The number of hydrogen-bond donors (Lipinski definition) is 1. The largest absolute Gasteiger partial charge is 0.478 e. The number of carboxylic acid groups (broad SMARTS) is 1. The van der Waals surface area contributed by atoms with Gasteiger partial charge in [0.1, 0.15) is 0 Å². The molecule has 0 saturated carbocycles. The molecule has 0 aromatic rings. The molecule has 0 radical (unpaired) electrons. The summed E-state index contributed by atoms with van der Waals surface area (Å²) in [5, 5.41) is 8.63. The Labute approximate surface area is 143 Å². The highest BCUT2D eigenvalue weighted by Crippen LogP contribution is 2.47. The molecule has 0 heterocycles. The third-order valence-corrected chi connectivity index (χ3v) is 4.33. The Morgan fingerprint density at radius 1 is 1.12 bits per heavy atom. The molecule has 132 valence electrons. The van der Waals surface area contributed by atoms with Crippen molar-refractivity contribution in [3.8, 4) is 0 Å². The van der Waals surface area contributed by atoms with Crippen LogP contribution in [0.1, 0.15) is 47.5 Å². The normalized spacial score (nSPS) is 21.8. The molecule has 1 rings (SSSR count). The molecule has 4 heteroatoms. The van der Waals surface area contributed by atoms with Crippen LogP contribution in [0.4, 0.5) is 8.78 Å². The first kappa shape index (κ1) is 20.1. The average molecular weight is 336 g/mol. The molecule has 1 aliphatic carbocycles. The standard InChI is InChI=1S/C20H26F2O2/c1-14(7-6-8-15(2)13-18(23)24)9-10-17-16(3)20(21,22)12-11-19(17,4)5/h6-10,13H,11-12H2,1-5H3,(H,23,24)/b8-6+,10-9+,14-7-,15-13+. The molecule has 1 N–H and O–H groups in total. The van der Waals surface area contributed by atoms with E-state index in [0.29, 0.717) is 17.6 Å². The molecule has 24 heavy (non-hydrogen) atoms. The highest BCUT2D eigenvalue weighted by molar-refractivity contribution is 5.81. The summed E-state index contributed by atoms with van der Waals surface area (Å²) in [6, 6.07) is 0. The third kappa shape index (κ3) is 5.59. The lowest BCUT2D eigenvalue weighted by Crippen LogP contribution is -2.31. The van der Waals surface area contributed by atoms with Gasteiger partial charge in [-0.05, 0) is 49.3 Å². The lowest BCUT2D eigenvalue weighted by atomic mass is 9.71. The number of rotatable bonds is 5. The van der Waals surface area contributed by atoms with Gasteiger partial charge in [-0.2, -0.15) is 0 Å². The second-order valence-corrected chi connectivity index (χ2v) is 6.96. The molecule has 0 unspecified atom stereocenters. The molecule has 0 fully saturated rings. The molecule has 0 atom stereocenters. The van der Waals surface area contributed by atoms with E-state index in [1.807, 2.05) is 32.9 Å². The van der Waals surface area contributed by atoms with Crippen molar-refractivity contribution in [2.45, 2.75) is 53.4 Å². The minimum Gasteiger partial charge on any atom is -0.478 e. The fraction of sp³-hybridized carbons (Fsp3) is 0.450. The van der Waals surface area contributed by atoms with Gasteiger partial charge in [-0.15, -0.1) is 0 Å². The van der Waals surface area contributed by atoms with E-state index in [0.717, 1.165) is 11.6 Å². The van der Waals surface area contributed by atoms with Crippen molar-refractivity contribution in [2.75, 3.05) is 0 Å². The smallest absolute Gasteiger partial charge is 0.328 e. The Hall–Kier alpha value is -1.97.